The minimum absolute atomic E-state index is 0.147. The minimum Gasteiger partial charge on any atom is -0.360 e. The summed E-state index contributed by atoms with van der Waals surface area (Å²) >= 11 is 1.58. The first-order valence-corrected chi connectivity index (χ1v) is 7.52. The molecule has 0 saturated carbocycles. The number of hydrogen-bond acceptors (Lipinski definition) is 3. The molecule has 1 aliphatic rings. The Balaban J connectivity index is 2.09. The van der Waals surface area contributed by atoms with Crippen LogP contribution in [0.25, 0.3) is 6.08 Å². The van der Waals surface area contributed by atoms with Crippen molar-refractivity contribution in [3.63, 3.8) is 0 Å². The molecule has 0 bridgehead atoms. The zero-order chi connectivity index (χ0) is 15.4. The first-order chi connectivity index (χ1) is 10.0. The summed E-state index contributed by atoms with van der Waals surface area (Å²) in [6, 6.07) is 1.14. The molecular formula is C14H14F3NO2S. The fourth-order valence-corrected chi connectivity index (χ4v) is 2.48. The van der Waals surface area contributed by atoms with Gasteiger partial charge in [0.2, 0.25) is 5.91 Å². The van der Waals surface area contributed by atoms with Crippen LogP contribution in [-0.4, -0.2) is 42.2 Å². The van der Waals surface area contributed by atoms with Gasteiger partial charge in [0.25, 0.3) is 0 Å². The lowest BCUT2D eigenvalue weighted by Crippen LogP contribution is -2.43. The zero-order valence-corrected chi connectivity index (χ0v) is 12.1. The van der Waals surface area contributed by atoms with E-state index < -0.39 is 28.9 Å². The number of rotatable bonds is 3. The first-order valence-electron chi connectivity index (χ1n) is 6.23. The van der Waals surface area contributed by atoms with E-state index in [0.29, 0.717) is 25.3 Å². The van der Waals surface area contributed by atoms with Crippen molar-refractivity contribution in [2.75, 3.05) is 26.1 Å². The van der Waals surface area contributed by atoms with Crippen LogP contribution in [0.5, 0.6) is 0 Å². The standard InChI is InChI=1S/C14H14F3NO2S/c1-21-10-6-18(8-20-7-10)14(19)3-2-11-12(16)4-9(15)5-13(11)17/h2-5,10H,6-8H2,1H3. The monoisotopic (exact) mass is 317 g/mol. The van der Waals surface area contributed by atoms with Gasteiger partial charge in [0.15, 0.2) is 0 Å². The number of hydrogen-bond donors (Lipinski definition) is 0. The van der Waals surface area contributed by atoms with E-state index in [0.717, 1.165) is 12.2 Å². The summed E-state index contributed by atoms with van der Waals surface area (Å²) in [5.74, 6) is -3.50. The van der Waals surface area contributed by atoms with Crippen molar-refractivity contribution in [2.45, 2.75) is 5.25 Å². The lowest BCUT2D eigenvalue weighted by molar-refractivity contribution is -0.134. The number of thioether (sulfide) groups is 1. The fraction of sp³-hybridized carbons (Fsp3) is 0.357. The van der Waals surface area contributed by atoms with E-state index in [9.17, 15) is 18.0 Å². The average molecular weight is 317 g/mol. The van der Waals surface area contributed by atoms with Crippen LogP contribution in [0.4, 0.5) is 13.2 Å². The van der Waals surface area contributed by atoms with Crippen molar-refractivity contribution in [3.05, 3.63) is 41.2 Å². The van der Waals surface area contributed by atoms with Crippen LogP contribution in [0, 0.1) is 17.5 Å². The van der Waals surface area contributed by atoms with E-state index in [1.807, 2.05) is 6.26 Å². The predicted octanol–water partition coefficient (Wildman–Crippen LogP) is 2.67. The predicted molar refractivity (Wildman–Crippen MR) is 75.2 cm³/mol. The van der Waals surface area contributed by atoms with Gasteiger partial charge in [0, 0.05) is 35.6 Å². The highest BCUT2D eigenvalue weighted by Crippen LogP contribution is 2.18. The van der Waals surface area contributed by atoms with E-state index in [1.54, 1.807) is 11.8 Å². The van der Waals surface area contributed by atoms with Crippen LogP contribution in [-0.2, 0) is 9.53 Å². The number of nitrogens with zero attached hydrogens (tertiary/aromatic N) is 1. The zero-order valence-electron chi connectivity index (χ0n) is 11.3. The third-order valence-corrected chi connectivity index (χ3v) is 4.01. The van der Waals surface area contributed by atoms with Crippen LogP contribution < -0.4 is 0 Å². The number of amides is 1. The second-order valence-corrected chi connectivity index (χ2v) is 5.67. The Labute approximate surface area is 124 Å². The molecule has 0 spiro atoms. The summed E-state index contributed by atoms with van der Waals surface area (Å²) in [4.78, 5) is 13.4. The van der Waals surface area contributed by atoms with E-state index in [2.05, 4.69) is 0 Å². The summed E-state index contributed by atoms with van der Waals surface area (Å²) in [7, 11) is 0. The first kappa shape index (κ1) is 15.9. The van der Waals surface area contributed by atoms with Crippen LogP contribution in [0.15, 0.2) is 18.2 Å². The highest BCUT2D eigenvalue weighted by Gasteiger charge is 2.22. The molecule has 1 aromatic rings. The molecule has 1 heterocycles. The third-order valence-electron chi connectivity index (χ3n) is 3.06. The second-order valence-electron chi connectivity index (χ2n) is 4.53. The van der Waals surface area contributed by atoms with Gasteiger partial charge in [-0.3, -0.25) is 4.79 Å². The lowest BCUT2D eigenvalue weighted by Gasteiger charge is -2.31. The van der Waals surface area contributed by atoms with E-state index >= 15 is 0 Å². The van der Waals surface area contributed by atoms with Gasteiger partial charge in [-0.05, 0) is 12.3 Å². The van der Waals surface area contributed by atoms with Gasteiger partial charge in [-0.2, -0.15) is 11.8 Å². The van der Waals surface area contributed by atoms with Crippen molar-refractivity contribution in [2.24, 2.45) is 0 Å². The van der Waals surface area contributed by atoms with E-state index in [-0.39, 0.29) is 12.0 Å². The van der Waals surface area contributed by atoms with Gasteiger partial charge in [-0.25, -0.2) is 13.2 Å². The van der Waals surface area contributed by atoms with Gasteiger partial charge < -0.3 is 9.64 Å². The molecule has 0 radical (unpaired) electrons. The Hall–Kier alpha value is -1.47. The summed E-state index contributed by atoms with van der Waals surface area (Å²) in [6.45, 7) is 1.23. The molecule has 7 heteroatoms. The lowest BCUT2D eigenvalue weighted by atomic mass is 10.1. The molecule has 1 aromatic carbocycles. The van der Waals surface area contributed by atoms with Gasteiger partial charge in [0.1, 0.15) is 24.2 Å². The second kappa shape index (κ2) is 7.00. The smallest absolute Gasteiger partial charge is 0.248 e. The molecule has 0 aliphatic carbocycles. The molecule has 1 amide bonds. The van der Waals surface area contributed by atoms with Crippen LogP contribution in [0.3, 0.4) is 0 Å². The minimum atomic E-state index is -1.05. The molecule has 0 N–H and O–H groups in total. The van der Waals surface area contributed by atoms with Gasteiger partial charge in [-0.15, -0.1) is 0 Å². The molecule has 1 aliphatic heterocycles. The molecule has 3 nitrogen and oxygen atoms in total. The normalized spacial score (nSPS) is 19.2. The Morgan fingerprint density at radius 3 is 2.67 bits per heavy atom. The SMILES string of the molecule is CSC1COCN(C(=O)C=Cc2c(F)cc(F)cc2F)C1. The molecular weight excluding hydrogens is 303 g/mol. The van der Waals surface area contributed by atoms with Gasteiger partial charge in [0.05, 0.1) is 6.61 Å². The molecule has 21 heavy (non-hydrogen) atoms. The molecule has 1 unspecified atom stereocenters. The van der Waals surface area contributed by atoms with Crippen LogP contribution >= 0.6 is 11.8 Å². The number of halogens is 3. The number of benzene rings is 1. The Morgan fingerprint density at radius 2 is 2.05 bits per heavy atom. The molecule has 114 valence electrons. The highest BCUT2D eigenvalue weighted by atomic mass is 32.2. The molecule has 0 aromatic heterocycles. The maximum atomic E-state index is 13.4. The Morgan fingerprint density at radius 1 is 1.38 bits per heavy atom. The summed E-state index contributed by atoms with van der Waals surface area (Å²) in [5, 5.41) is 0.176. The molecule has 1 saturated heterocycles. The molecule has 1 fully saturated rings. The summed E-state index contributed by atoms with van der Waals surface area (Å²) in [5.41, 5.74) is -0.441. The van der Waals surface area contributed by atoms with Crippen molar-refractivity contribution in [3.8, 4) is 0 Å². The van der Waals surface area contributed by atoms with Crippen LogP contribution in [0.2, 0.25) is 0 Å². The van der Waals surface area contributed by atoms with Crippen molar-refractivity contribution in [1.29, 1.82) is 0 Å². The quantitative estimate of drug-likeness (QED) is 0.803. The Bertz CT molecular complexity index is 542. The Kier molecular flexibility index (Phi) is 5.30. The average Bonchev–Trinajstić information content (AvgIpc) is 2.46. The van der Waals surface area contributed by atoms with Crippen LogP contribution in [0.1, 0.15) is 5.56 Å². The van der Waals surface area contributed by atoms with E-state index in [1.165, 1.54) is 4.90 Å². The summed E-state index contributed by atoms with van der Waals surface area (Å²) in [6.07, 6.45) is 3.99. The number of carbonyl (C=O) groups excluding carboxylic acids is 1. The van der Waals surface area contributed by atoms with Gasteiger partial charge >= 0.3 is 0 Å². The maximum absolute atomic E-state index is 13.4. The maximum Gasteiger partial charge on any atom is 0.248 e. The fourth-order valence-electron chi connectivity index (χ4n) is 1.91. The molecule has 2 rings (SSSR count). The third kappa shape index (κ3) is 4.01. The summed E-state index contributed by atoms with van der Waals surface area (Å²) < 4.78 is 44.9. The largest absolute Gasteiger partial charge is 0.360 e. The van der Waals surface area contributed by atoms with Crippen molar-refractivity contribution in [1.82, 2.24) is 4.90 Å². The molecule has 1 atom stereocenters. The van der Waals surface area contributed by atoms with Gasteiger partial charge in [-0.1, -0.05) is 0 Å². The number of carbonyl (C=O) groups is 1. The van der Waals surface area contributed by atoms with E-state index in [4.69, 9.17) is 4.74 Å². The van der Waals surface area contributed by atoms with Crippen molar-refractivity contribution < 1.29 is 22.7 Å². The van der Waals surface area contributed by atoms with Crippen molar-refractivity contribution >= 4 is 23.7 Å². The highest BCUT2D eigenvalue weighted by molar-refractivity contribution is 7.99. The topological polar surface area (TPSA) is 29.5 Å². The number of ether oxygens (including phenoxy) is 1.